The Hall–Kier alpha value is -1.12. The van der Waals surface area contributed by atoms with Crippen LogP contribution >= 0.6 is 0 Å². The van der Waals surface area contributed by atoms with Crippen LogP contribution in [0.3, 0.4) is 0 Å². The van der Waals surface area contributed by atoms with E-state index in [4.69, 9.17) is 0 Å². The third kappa shape index (κ3) is 3.80. The van der Waals surface area contributed by atoms with Gasteiger partial charge in [-0.15, -0.1) is 0 Å². The fourth-order valence-corrected chi connectivity index (χ4v) is 5.25. The maximum Gasteiger partial charge on any atom is 0.240 e. The molecule has 0 radical (unpaired) electrons. The molecular weight excluding hydrogens is 324 g/mol. The van der Waals surface area contributed by atoms with Crippen molar-refractivity contribution in [3.63, 3.8) is 0 Å². The highest BCUT2D eigenvalue weighted by Gasteiger charge is 2.26. The molecule has 1 atom stereocenters. The summed E-state index contributed by atoms with van der Waals surface area (Å²) in [6.45, 7) is 4.14. The molecule has 2 rings (SSSR count). The molecule has 1 aromatic rings. The summed E-state index contributed by atoms with van der Waals surface area (Å²) in [5.41, 5.74) is 0.516. The maximum absolute atomic E-state index is 12.2. The molecule has 0 unspecified atom stereocenters. The lowest BCUT2D eigenvalue weighted by Crippen LogP contribution is -2.37. The van der Waals surface area contributed by atoms with E-state index in [-0.39, 0.29) is 16.7 Å². The van der Waals surface area contributed by atoms with Crippen molar-refractivity contribution >= 4 is 25.7 Å². The van der Waals surface area contributed by atoms with Gasteiger partial charge in [-0.2, -0.15) is 0 Å². The third-order valence-corrected chi connectivity index (χ3v) is 7.23. The average molecular weight is 346 g/mol. The van der Waals surface area contributed by atoms with Gasteiger partial charge in [0, 0.05) is 12.6 Å². The number of rotatable bonds is 5. The van der Waals surface area contributed by atoms with Crippen LogP contribution in [0.4, 0.5) is 5.69 Å². The SMILES string of the molecule is CC[C@H](C)NS(=O)(=O)c1ccc(N2CCCCS2(=O)=O)cc1. The summed E-state index contributed by atoms with van der Waals surface area (Å²) in [5.74, 6) is 0.141. The Labute approximate surface area is 132 Å². The van der Waals surface area contributed by atoms with Gasteiger partial charge < -0.3 is 0 Å². The Bertz CT molecular complexity index is 712. The summed E-state index contributed by atoms with van der Waals surface area (Å²) in [6.07, 6.45) is 2.18. The second kappa shape index (κ2) is 6.55. The Kier molecular flexibility index (Phi) is 5.14. The molecule has 0 aliphatic carbocycles. The highest BCUT2D eigenvalue weighted by atomic mass is 32.2. The first-order valence-corrected chi connectivity index (χ1v) is 10.5. The first-order valence-electron chi connectivity index (χ1n) is 7.39. The van der Waals surface area contributed by atoms with Crippen molar-refractivity contribution in [1.29, 1.82) is 0 Å². The highest BCUT2D eigenvalue weighted by molar-refractivity contribution is 7.92. The summed E-state index contributed by atoms with van der Waals surface area (Å²) in [4.78, 5) is 0.144. The average Bonchev–Trinajstić information content (AvgIpc) is 2.46. The molecule has 1 aliphatic rings. The minimum absolute atomic E-state index is 0.141. The summed E-state index contributed by atoms with van der Waals surface area (Å²) >= 11 is 0. The van der Waals surface area contributed by atoms with E-state index in [0.717, 1.165) is 6.42 Å². The van der Waals surface area contributed by atoms with E-state index < -0.39 is 20.0 Å². The molecule has 124 valence electrons. The van der Waals surface area contributed by atoms with Crippen molar-refractivity contribution in [1.82, 2.24) is 4.72 Å². The maximum atomic E-state index is 12.2. The first kappa shape index (κ1) is 17.2. The molecule has 1 heterocycles. The van der Waals surface area contributed by atoms with Crippen LogP contribution in [0.5, 0.6) is 0 Å². The molecule has 0 spiro atoms. The fourth-order valence-electron chi connectivity index (χ4n) is 2.29. The molecule has 1 aliphatic heterocycles. The Morgan fingerprint density at radius 1 is 1.23 bits per heavy atom. The van der Waals surface area contributed by atoms with Crippen molar-refractivity contribution in [2.24, 2.45) is 0 Å². The van der Waals surface area contributed by atoms with E-state index in [1.54, 1.807) is 19.1 Å². The predicted octanol–water partition coefficient (Wildman–Crippen LogP) is 1.69. The van der Waals surface area contributed by atoms with Crippen LogP contribution in [0.15, 0.2) is 29.2 Å². The highest BCUT2D eigenvalue weighted by Crippen LogP contribution is 2.24. The topological polar surface area (TPSA) is 83.6 Å². The lowest BCUT2D eigenvalue weighted by atomic mass is 10.3. The molecule has 0 amide bonds. The molecule has 0 bridgehead atoms. The van der Waals surface area contributed by atoms with Crippen molar-refractivity contribution in [2.45, 2.75) is 44.0 Å². The zero-order valence-corrected chi connectivity index (χ0v) is 14.5. The van der Waals surface area contributed by atoms with E-state index >= 15 is 0 Å². The van der Waals surface area contributed by atoms with Gasteiger partial charge in [0.1, 0.15) is 0 Å². The zero-order chi connectivity index (χ0) is 16.4. The number of benzene rings is 1. The fraction of sp³-hybridized carbons (Fsp3) is 0.571. The molecule has 1 fully saturated rings. The minimum Gasteiger partial charge on any atom is -0.270 e. The van der Waals surface area contributed by atoms with E-state index in [1.807, 2.05) is 6.92 Å². The van der Waals surface area contributed by atoms with E-state index in [0.29, 0.717) is 25.1 Å². The van der Waals surface area contributed by atoms with Gasteiger partial charge in [0.15, 0.2) is 0 Å². The Balaban J connectivity index is 2.24. The smallest absolute Gasteiger partial charge is 0.240 e. The van der Waals surface area contributed by atoms with Gasteiger partial charge in [-0.25, -0.2) is 21.6 Å². The summed E-state index contributed by atoms with van der Waals surface area (Å²) < 4.78 is 52.4. The first-order chi connectivity index (χ1) is 10.3. The Morgan fingerprint density at radius 2 is 1.86 bits per heavy atom. The quantitative estimate of drug-likeness (QED) is 0.879. The van der Waals surface area contributed by atoms with Gasteiger partial charge >= 0.3 is 0 Å². The molecular formula is C14H22N2O4S2. The lowest BCUT2D eigenvalue weighted by molar-refractivity contribution is 0.556. The van der Waals surface area contributed by atoms with Crippen molar-refractivity contribution in [2.75, 3.05) is 16.6 Å². The summed E-state index contributed by atoms with van der Waals surface area (Å²) in [5, 5.41) is 0. The second-order valence-corrected chi connectivity index (χ2v) is 9.25. The molecule has 1 N–H and O–H groups in total. The van der Waals surface area contributed by atoms with Crippen LogP contribution in [0.2, 0.25) is 0 Å². The van der Waals surface area contributed by atoms with E-state index in [9.17, 15) is 16.8 Å². The van der Waals surface area contributed by atoms with Crippen LogP contribution in [0.25, 0.3) is 0 Å². The third-order valence-electron chi connectivity index (χ3n) is 3.75. The van der Waals surface area contributed by atoms with Crippen molar-refractivity contribution < 1.29 is 16.8 Å². The van der Waals surface area contributed by atoms with Gasteiger partial charge in [-0.3, -0.25) is 4.31 Å². The summed E-state index contributed by atoms with van der Waals surface area (Å²) in [7, 11) is -6.85. The largest absolute Gasteiger partial charge is 0.270 e. The molecule has 1 saturated heterocycles. The van der Waals surface area contributed by atoms with Crippen LogP contribution in [0, 0.1) is 0 Å². The standard InChI is InChI=1S/C14H22N2O4S2/c1-3-12(2)15-22(19,20)14-8-6-13(7-9-14)16-10-4-5-11-21(16,17)18/h6-9,12,15H,3-5,10-11H2,1-2H3/t12-/m0/s1. The van der Waals surface area contributed by atoms with Gasteiger partial charge in [-0.1, -0.05) is 6.92 Å². The molecule has 22 heavy (non-hydrogen) atoms. The number of hydrogen-bond donors (Lipinski definition) is 1. The number of nitrogens with one attached hydrogen (secondary N) is 1. The van der Waals surface area contributed by atoms with Crippen LogP contribution in [-0.4, -0.2) is 35.2 Å². The number of hydrogen-bond acceptors (Lipinski definition) is 4. The molecule has 1 aromatic carbocycles. The molecule has 6 nitrogen and oxygen atoms in total. The number of sulfonamides is 2. The number of nitrogens with zero attached hydrogens (tertiary/aromatic N) is 1. The minimum atomic E-state index is -3.57. The van der Waals surface area contributed by atoms with E-state index in [2.05, 4.69) is 4.72 Å². The Morgan fingerprint density at radius 3 is 2.41 bits per heavy atom. The zero-order valence-electron chi connectivity index (χ0n) is 12.8. The number of anilines is 1. The molecule has 0 aromatic heterocycles. The second-order valence-electron chi connectivity index (χ2n) is 5.52. The molecule has 8 heteroatoms. The molecule has 0 saturated carbocycles. The van der Waals surface area contributed by atoms with Gasteiger partial charge in [0.2, 0.25) is 20.0 Å². The van der Waals surface area contributed by atoms with Crippen LogP contribution in [-0.2, 0) is 20.0 Å². The lowest BCUT2D eigenvalue weighted by Gasteiger charge is -2.28. The van der Waals surface area contributed by atoms with Gasteiger partial charge in [-0.05, 0) is 50.5 Å². The van der Waals surface area contributed by atoms with Crippen LogP contribution in [0.1, 0.15) is 33.1 Å². The normalized spacial score (nSPS) is 19.8. The van der Waals surface area contributed by atoms with Gasteiger partial charge in [0.25, 0.3) is 0 Å². The van der Waals surface area contributed by atoms with Crippen LogP contribution < -0.4 is 9.03 Å². The predicted molar refractivity (Wildman–Crippen MR) is 86.9 cm³/mol. The summed E-state index contributed by atoms with van der Waals surface area (Å²) in [6, 6.07) is 5.85. The van der Waals surface area contributed by atoms with Crippen molar-refractivity contribution in [3.05, 3.63) is 24.3 Å². The van der Waals surface area contributed by atoms with E-state index in [1.165, 1.54) is 16.4 Å². The monoisotopic (exact) mass is 346 g/mol. The van der Waals surface area contributed by atoms with Crippen molar-refractivity contribution in [3.8, 4) is 0 Å². The van der Waals surface area contributed by atoms with Gasteiger partial charge in [0.05, 0.1) is 16.3 Å².